The Balaban J connectivity index is 1.48. The standard InChI is InChI=1S/C22H20N4O3/c1-14-8-9-16(13-24-14)29-22-15(5-4-10-23-22)12-25-21(28)18-11-20(27)26-19-7-3-2-6-17(18)19/h2-10,13,18H,11-12H2,1H3,(H,25,28)(H,26,27)/t18-/m0/s1. The zero-order chi connectivity index (χ0) is 20.2. The highest BCUT2D eigenvalue weighted by atomic mass is 16.5. The van der Waals surface area contributed by atoms with Crippen LogP contribution >= 0.6 is 0 Å². The summed E-state index contributed by atoms with van der Waals surface area (Å²) in [7, 11) is 0. The van der Waals surface area contributed by atoms with E-state index in [2.05, 4.69) is 20.6 Å². The lowest BCUT2D eigenvalue weighted by atomic mass is 9.90. The Kier molecular flexibility index (Phi) is 5.20. The lowest BCUT2D eigenvalue weighted by Crippen LogP contribution is -2.34. The van der Waals surface area contributed by atoms with E-state index in [1.165, 1.54) is 0 Å². The van der Waals surface area contributed by atoms with Gasteiger partial charge in [-0.05, 0) is 36.8 Å². The van der Waals surface area contributed by atoms with Crippen LogP contribution in [0.2, 0.25) is 0 Å². The van der Waals surface area contributed by atoms with Gasteiger partial charge in [0.2, 0.25) is 17.7 Å². The van der Waals surface area contributed by atoms with Crippen LogP contribution in [0.3, 0.4) is 0 Å². The van der Waals surface area contributed by atoms with E-state index < -0.39 is 5.92 Å². The molecule has 3 heterocycles. The van der Waals surface area contributed by atoms with Gasteiger partial charge in [0.05, 0.1) is 12.1 Å². The first-order valence-electron chi connectivity index (χ1n) is 9.31. The zero-order valence-electron chi connectivity index (χ0n) is 15.9. The quantitative estimate of drug-likeness (QED) is 0.699. The van der Waals surface area contributed by atoms with Gasteiger partial charge in [0.15, 0.2) is 0 Å². The molecule has 0 spiro atoms. The SMILES string of the molecule is Cc1ccc(Oc2ncccc2CNC(=O)[C@H]2CC(=O)Nc3ccccc32)cn1. The van der Waals surface area contributed by atoms with Crippen LogP contribution in [0.1, 0.15) is 29.2 Å². The topological polar surface area (TPSA) is 93.2 Å². The second-order valence-electron chi connectivity index (χ2n) is 6.81. The van der Waals surface area contributed by atoms with Crippen molar-refractivity contribution in [2.24, 2.45) is 0 Å². The van der Waals surface area contributed by atoms with Crippen molar-refractivity contribution in [2.45, 2.75) is 25.8 Å². The van der Waals surface area contributed by atoms with E-state index in [1.807, 2.05) is 43.3 Å². The Bertz CT molecular complexity index is 1050. The molecule has 0 saturated heterocycles. The number of pyridine rings is 2. The molecule has 7 heteroatoms. The van der Waals surface area contributed by atoms with Crippen LogP contribution in [0.5, 0.6) is 11.6 Å². The summed E-state index contributed by atoms with van der Waals surface area (Å²) in [5, 5.41) is 5.71. The van der Waals surface area contributed by atoms with Crippen LogP contribution in [0.25, 0.3) is 0 Å². The van der Waals surface area contributed by atoms with Gasteiger partial charge in [0, 0.05) is 36.1 Å². The van der Waals surface area contributed by atoms with Crippen molar-refractivity contribution >= 4 is 17.5 Å². The minimum atomic E-state index is -0.526. The van der Waals surface area contributed by atoms with Crippen molar-refractivity contribution in [3.05, 3.63) is 77.7 Å². The molecule has 0 aliphatic carbocycles. The minimum Gasteiger partial charge on any atom is -0.437 e. The molecule has 2 aromatic heterocycles. The maximum Gasteiger partial charge on any atom is 0.228 e. The Hall–Kier alpha value is -3.74. The number of hydrogen-bond donors (Lipinski definition) is 2. The molecule has 3 aromatic rings. The largest absolute Gasteiger partial charge is 0.437 e. The van der Waals surface area contributed by atoms with Crippen molar-refractivity contribution in [3.8, 4) is 11.6 Å². The number of amides is 2. The van der Waals surface area contributed by atoms with Crippen LogP contribution < -0.4 is 15.4 Å². The molecule has 0 unspecified atom stereocenters. The molecule has 146 valence electrons. The average molecular weight is 388 g/mol. The summed E-state index contributed by atoms with van der Waals surface area (Å²) in [5.41, 5.74) is 3.12. The Morgan fingerprint density at radius 2 is 2.03 bits per heavy atom. The van der Waals surface area contributed by atoms with Crippen LogP contribution in [0.15, 0.2) is 60.9 Å². The number of carbonyl (C=O) groups excluding carboxylic acids is 2. The summed E-state index contributed by atoms with van der Waals surface area (Å²) < 4.78 is 5.83. The normalized spacial score (nSPS) is 15.2. The summed E-state index contributed by atoms with van der Waals surface area (Å²) in [5.74, 6) is 0.0718. The molecule has 29 heavy (non-hydrogen) atoms. The predicted molar refractivity (Wildman–Crippen MR) is 108 cm³/mol. The van der Waals surface area contributed by atoms with Crippen molar-refractivity contribution in [2.75, 3.05) is 5.32 Å². The van der Waals surface area contributed by atoms with E-state index in [-0.39, 0.29) is 24.8 Å². The lowest BCUT2D eigenvalue weighted by Gasteiger charge is -2.24. The first-order valence-corrected chi connectivity index (χ1v) is 9.31. The Morgan fingerprint density at radius 1 is 1.17 bits per heavy atom. The molecular weight excluding hydrogens is 368 g/mol. The van der Waals surface area contributed by atoms with Crippen LogP contribution in [-0.2, 0) is 16.1 Å². The summed E-state index contributed by atoms with van der Waals surface area (Å²) in [6, 6.07) is 14.6. The number of benzene rings is 1. The number of aromatic nitrogens is 2. The summed E-state index contributed by atoms with van der Waals surface area (Å²) in [4.78, 5) is 33.3. The Morgan fingerprint density at radius 3 is 2.86 bits per heavy atom. The van der Waals surface area contributed by atoms with Crippen LogP contribution in [0.4, 0.5) is 5.69 Å². The molecule has 0 fully saturated rings. The summed E-state index contributed by atoms with van der Waals surface area (Å²) >= 11 is 0. The number of carbonyl (C=O) groups is 2. The molecule has 0 bridgehead atoms. The molecule has 0 saturated carbocycles. The lowest BCUT2D eigenvalue weighted by molar-refractivity contribution is -0.126. The average Bonchev–Trinajstić information content (AvgIpc) is 2.74. The molecule has 4 rings (SSSR count). The van der Waals surface area contributed by atoms with E-state index in [1.54, 1.807) is 24.5 Å². The number of para-hydroxylation sites is 1. The highest BCUT2D eigenvalue weighted by molar-refractivity contribution is 6.01. The highest BCUT2D eigenvalue weighted by Gasteiger charge is 2.30. The predicted octanol–water partition coefficient (Wildman–Crippen LogP) is 3.32. The van der Waals surface area contributed by atoms with Gasteiger partial charge in [-0.25, -0.2) is 4.98 Å². The fraction of sp³-hybridized carbons (Fsp3) is 0.182. The number of rotatable bonds is 5. The van der Waals surface area contributed by atoms with Gasteiger partial charge in [-0.2, -0.15) is 0 Å². The van der Waals surface area contributed by atoms with Crippen LogP contribution in [-0.4, -0.2) is 21.8 Å². The molecule has 7 nitrogen and oxygen atoms in total. The van der Waals surface area contributed by atoms with E-state index in [0.717, 1.165) is 16.8 Å². The van der Waals surface area contributed by atoms with Crippen molar-refractivity contribution < 1.29 is 14.3 Å². The molecule has 1 aliphatic rings. The first kappa shape index (κ1) is 18.6. The van der Waals surface area contributed by atoms with Gasteiger partial charge < -0.3 is 15.4 Å². The molecule has 1 atom stereocenters. The third kappa shape index (κ3) is 4.24. The number of hydrogen-bond acceptors (Lipinski definition) is 5. The Labute approximate surface area is 168 Å². The van der Waals surface area contributed by atoms with Gasteiger partial charge in [-0.15, -0.1) is 0 Å². The first-order chi connectivity index (χ1) is 14.1. The van der Waals surface area contributed by atoms with Crippen LogP contribution in [0, 0.1) is 6.92 Å². The minimum absolute atomic E-state index is 0.119. The van der Waals surface area contributed by atoms with Crippen molar-refractivity contribution in [1.29, 1.82) is 0 Å². The van der Waals surface area contributed by atoms with Gasteiger partial charge in [0.25, 0.3) is 0 Å². The van der Waals surface area contributed by atoms with E-state index in [9.17, 15) is 9.59 Å². The maximum atomic E-state index is 12.8. The highest BCUT2D eigenvalue weighted by Crippen LogP contribution is 2.32. The summed E-state index contributed by atoms with van der Waals surface area (Å²) in [6.07, 6.45) is 3.38. The third-order valence-electron chi connectivity index (χ3n) is 4.72. The molecular formula is C22H20N4O3. The van der Waals surface area contributed by atoms with E-state index in [4.69, 9.17) is 4.74 Å². The third-order valence-corrected chi connectivity index (χ3v) is 4.72. The molecule has 0 radical (unpaired) electrons. The molecule has 2 N–H and O–H groups in total. The molecule has 1 aromatic carbocycles. The van der Waals surface area contributed by atoms with Gasteiger partial charge in [-0.3, -0.25) is 14.6 Å². The number of ether oxygens (including phenoxy) is 1. The monoisotopic (exact) mass is 388 g/mol. The molecule has 2 amide bonds. The molecule has 1 aliphatic heterocycles. The van der Waals surface area contributed by atoms with E-state index in [0.29, 0.717) is 17.3 Å². The smallest absolute Gasteiger partial charge is 0.228 e. The van der Waals surface area contributed by atoms with Gasteiger partial charge >= 0.3 is 0 Å². The van der Waals surface area contributed by atoms with Crippen molar-refractivity contribution in [1.82, 2.24) is 15.3 Å². The van der Waals surface area contributed by atoms with Gasteiger partial charge in [-0.1, -0.05) is 24.3 Å². The van der Waals surface area contributed by atoms with Gasteiger partial charge in [0.1, 0.15) is 5.75 Å². The number of aryl methyl sites for hydroxylation is 1. The van der Waals surface area contributed by atoms with Crippen molar-refractivity contribution in [3.63, 3.8) is 0 Å². The zero-order valence-corrected chi connectivity index (χ0v) is 15.9. The van der Waals surface area contributed by atoms with E-state index >= 15 is 0 Å². The number of fused-ring (bicyclic) bond motifs is 1. The number of nitrogens with zero attached hydrogens (tertiary/aromatic N) is 2. The second-order valence-corrected chi connectivity index (χ2v) is 6.81. The fourth-order valence-electron chi connectivity index (χ4n) is 3.23. The maximum absolute atomic E-state index is 12.8. The summed E-state index contributed by atoms with van der Waals surface area (Å²) in [6.45, 7) is 2.14. The number of anilines is 1. The number of nitrogens with one attached hydrogen (secondary N) is 2. The fourth-order valence-corrected chi connectivity index (χ4v) is 3.23. The second kappa shape index (κ2) is 8.10.